The van der Waals surface area contributed by atoms with E-state index in [9.17, 15) is 0 Å². The van der Waals surface area contributed by atoms with Gasteiger partial charge in [0.15, 0.2) is 0 Å². The first kappa shape index (κ1) is 9.69. The standard InChI is InChI=1S/C10H14BrNS/c1-9(2)6-10(9,12-3)7-4-5-8(11)13-7/h4-5,12H,6H2,1-3H3. The predicted molar refractivity (Wildman–Crippen MR) is 61.2 cm³/mol. The Bertz CT molecular complexity index is 331. The zero-order valence-corrected chi connectivity index (χ0v) is 10.6. The fourth-order valence-electron chi connectivity index (χ4n) is 2.13. The quantitative estimate of drug-likeness (QED) is 0.859. The highest BCUT2D eigenvalue weighted by atomic mass is 79.9. The summed E-state index contributed by atoms with van der Waals surface area (Å²) in [5, 5.41) is 3.46. The van der Waals surface area contributed by atoms with Crippen LogP contribution in [0.2, 0.25) is 0 Å². The third kappa shape index (κ3) is 1.29. The Morgan fingerprint density at radius 2 is 2.08 bits per heavy atom. The summed E-state index contributed by atoms with van der Waals surface area (Å²) >= 11 is 5.35. The smallest absolute Gasteiger partial charge is 0.0702 e. The second-order valence-electron chi connectivity index (χ2n) is 4.32. The summed E-state index contributed by atoms with van der Waals surface area (Å²) in [6.07, 6.45) is 1.24. The van der Waals surface area contributed by atoms with Crippen molar-refractivity contribution in [3.63, 3.8) is 0 Å². The molecule has 1 N–H and O–H groups in total. The molecule has 0 bridgehead atoms. The SMILES string of the molecule is CNC1(c2ccc(Br)s2)CC1(C)C. The van der Waals surface area contributed by atoms with Gasteiger partial charge in [-0.05, 0) is 46.9 Å². The number of hydrogen-bond acceptors (Lipinski definition) is 2. The summed E-state index contributed by atoms with van der Waals surface area (Å²) in [4.78, 5) is 1.45. The first-order chi connectivity index (χ1) is 6.02. The van der Waals surface area contributed by atoms with E-state index in [1.54, 1.807) is 0 Å². The minimum Gasteiger partial charge on any atom is -0.309 e. The maximum absolute atomic E-state index is 3.51. The molecule has 1 aliphatic rings. The Morgan fingerprint density at radius 3 is 2.38 bits per heavy atom. The van der Waals surface area contributed by atoms with Crippen molar-refractivity contribution in [2.75, 3.05) is 7.05 Å². The van der Waals surface area contributed by atoms with E-state index < -0.39 is 0 Å². The van der Waals surface area contributed by atoms with Crippen molar-refractivity contribution in [2.24, 2.45) is 5.41 Å². The van der Waals surface area contributed by atoms with Crippen molar-refractivity contribution in [1.82, 2.24) is 5.32 Å². The minimum atomic E-state index is 0.240. The molecule has 0 aliphatic heterocycles. The van der Waals surface area contributed by atoms with Crippen LogP contribution < -0.4 is 5.32 Å². The molecule has 1 aromatic rings. The van der Waals surface area contributed by atoms with E-state index in [1.807, 2.05) is 11.3 Å². The van der Waals surface area contributed by atoms with Gasteiger partial charge in [0.1, 0.15) is 0 Å². The lowest BCUT2D eigenvalue weighted by Gasteiger charge is -2.17. The zero-order chi connectivity index (χ0) is 9.69. The lowest BCUT2D eigenvalue weighted by atomic mass is 10.0. The first-order valence-corrected chi connectivity index (χ1v) is 6.07. The van der Waals surface area contributed by atoms with Crippen LogP contribution in [0.5, 0.6) is 0 Å². The Balaban J connectivity index is 2.35. The summed E-state index contributed by atoms with van der Waals surface area (Å²) in [7, 11) is 2.06. The van der Waals surface area contributed by atoms with Crippen molar-refractivity contribution in [3.8, 4) is 0 Å². The third-order valence-corrected chi connectivity index (χ3v) is 4.94. The average Bonchev–Trinajstić information content (AvgIpc) is 2.43. The number of halogens is 1. The van der Waals surface area contributed by atoms with Crippen molar-refractivity contribution in [3.05, 3.63) is 20.8 Å². The van der Waals surface area contributed by atoms with Crippen molar-refractivity contribution >= 4 is 27.3 Å². The lowest BCUT2D eigenvalue weighted by molar-refractivity contribution is 0.448. The fourth-order valence-corrected chi connectivity index (χ4v) is 3.90. The van der Waals surface area contributed by atoms with Crippen LogP contribution >= 0.6 is 27.3 Å². The van der Waals surface area contributed by atoms with Crippen molar-refractivity contribution in [1.29, 1.82) is 0 Å². The molecule has 1 atom stereocenters. The second kappa shape index (κ2) is 2.81. The van der Waals surface area contributed by atoms with Gasteiger partial charge in [0.05, 0.1) is 9.33 Å². The summed E-state index contributed by atoms with van der Waals surface area (Å²) in [6, 6.07) is 4.35. The van der Waals surface area contributed by atoms with Gasteiger partial charge in [0.2, 0.25) is 0 Å². The number of thiophene rings is 1. The maximum Gasteiger partial charge on any atom is 0.0702 e. The molecule has 1 aromatic heterocycles. The molecule has 0 saturated heterocycles. The largest absolute Gasteiger partial charge is 0.309 e. The molecule has 1 nitrogen and oxygen atoms in total. The van der Waals surface area contributed by atoms with E-state index in [0.717, 1.165) is 0 Å². The van der Waals surface area contributed by atoms with Crippen LogP contribution in [0.3, 0.4) is 0 Å². The normalized spacial score (nSPS) is 30.5. The van der Waals surface area contributed by atoms with E-state index in [2.05, 4.69) is 54.3 Å². The van der Waals surface area contributed by atoms with Crippen LogP contribution in [0.15, 0.2) is 15.9 Å². The summed E-state index contributed by atoms with van der Waals surface area (Å²) in [6.45, 7) is 4.63. The highest BCUT2D eigenvalue weighted by Crippen LogP contribution is 2.63. The molecule has 13 heavy (non-hydrogen) atoms. The van der Waals surface area contributed by atoms with Gasteiger partial charge in [-0.3, -0.25) is 0 Å². The topological polar surface area (TPSA) is 12.0 Å². The molecule has 72 valence electrons. The van der Waals surface area contributed by atoms with Crippen LogP contribution in [-0.4, -0.2) is 7.05 Å². The highest BCUT2D eigenvalue weighted by molar-refractivity contribution is 9.11. The molecule has 1 heterocycles. The summed E-state index contributed by atoms with van der Waals surface area (Å²) < 4.78 is 1.22. The van der Waals surface area contributed by atoms with Crippen LogP contribution in [0, 0.1) is 5.41 Å². The predicted octanol–water partition coefficient (Wildman–Crippen LogP) is 3.36. The van der Waals surface area contributed by atoms with E-state index >= 15 is 0 Å². The van der Waals surface area contributed by atoms with E-state index in [4.69, 9.17) is 0 Å². The molecule has 0 radical (unpaired) electrons. The lowest BCUT2D eigenvalue weighted by Crippen LogP contribution is -2.28. The number of nitrogens with one attached hydrogen (secondary N) is 1. The Morgan fingerprint density at radius 1 is 1.46 bits per heavy atom. The van der Waals surface area contributed by atoms with Crippen molar-refractivity contribution in [2.45, 2.75) is 25.8 Å². The van der Waals surface area contributed by atoms with Gasteiger partial charge in [-0.2, -0.15) is 0 Å². The molecular formula is C10H14BrNS. The maximum atomic E-state index is 3.51. The first-order valence-electron chi connectivity index (χ1n) is 4.47. The molecule has 0 aromatic carbocycles. The molecule has 2 rings (SSSR count). The van der Waals surface area contributed by atoms with Gasteiger partial charge in [-0.25, -0.2) is 0 Å². The van der Waals surface area contributed by atoms with E-state index in [0.29, 0.717) is 5.41 Å². The third-order valence-electron chi connectivity index (χ3n) is 3.16. The van der Waals surface area contributed by atoms with Crippen LogP contribution in [0.1, 0.15) is 25.1 Å². The van der Waals surface area contributed by atoms with E-state index in [1.165, 1.54) is 15.1 Å². The van der Waals surface area contributed by atoms with Gasteiger partial charge in [0, 0.05) is 4.88 Å². The molecule has 1 unspecified atom stereocenters. The van der Waals surface area contributed by atoms with Gasteiger partial charge >= 0.3 is 0 Å². The molecular weight excluding hydrogens is 246 g/mol. The molecule has 3 heteroatoms. The van der Waals surface area contributed by atoms with Gasteiger partial charge in [0.25, 0.3) is 0 Å². The molecule has 1 aliphatic carbocycles. The van der Waals surface area contributed by atoms with Crippen molar-refractivity contribution < 1.29 is 0 Å². The number of hydrogen-bond donors (Lipinski definition) is 1. The Kier molecular flexibility index (Phi) is 2.10. The zero-order valence-electron chi connectivity index (χ0n) is 8.15. The van der Waals surface area contributed by atoms with Crippen LogP contribution in [0.25, 0.3) is 0 Å². The molecule has 0 amide bonds. The molecule has 0 spiro atoms. The highest BCUT2D eigenvalue weighted by Gasteiger charge is 2.61. The summed E-state index contributed by atoms with van der Waals surface area (Å²) in [5.41, 5.74) is 0.649. The minimum absolute atomic E-state index is 0.240. The second-order valence-corrected chi connectivity index (χ2v) is 6.78. The Hall–Kier alpha value is 0.140. The molecule has 1 saturated carbocycles. The van der Waals surface area contributed by atoms with E-state index in [-0.39, 0.29) is 5.54 Å². The van der Waals surface area contributed by atoms with Gasteiger partial charge < -0.3 is 5.32 Å². The van der Waals surface area contributed by atoms with Gasteiger partial charge in [-0.1, -0.05) is 13.8 Å². The number of rotatable bonds is 2. The van der Waals surface area contributed by atoms with Crippen LogP contribution in [0.4, 0.5) is 0 Å². The Labute approximate surface area is 91.7 Å². The average molecular weight is 260 g/mol. The van der Waals surface area contributed by atoms with Crippen LogP contribution in [-0.2, 0) is 5.54 Å². The molecule has 1 fully saturated rings. The fraction of sp³-hybridized carbons (Fsp3) is 0.600. The summed E-state index contributed by atoms with van der Waals surface area (Å²) in [5.74, 6) is 0. The van der Waals surface area contributed by atoms with Gasteiger partial charge in [-0.15, -0.1) is 11.3 Å². The monoisotopic (exact) mass is 259 g/mol.